The zero-order valence-electron chi connectivity index (χ0n) is 15.7. The Morgan fingerprint density at radius 2 is 1.71 bits per heavy atom. The Labute approximate surface area is 161 Å². The van der Waals surface area contributed by atoms with Crippen molar-refractivity contribution in [2.24, 2.45) is 0 Å². The molecule has 1 heterocycles. The molecule has 0 spiro atoms. The number of hydrogen-bond donors (Lipinski definition) is 3. The van der Waals surface area contributed by atoms with E-state index in [1.807, 2.05) is 6.07 Å². The lowest BCUT2D eigenvalue weighted by Crippen LogP contribution is -2.47. The van der Waals surface area contributed by atoms with Gasteiger partial charge in [0.25, 0.3) is 0 Å². The molecule has 1 aromatic heterocycles. The standard InChI is InChI=1S/C19H21N3O6/c1-19(2,3)27-18(26)21-14(10-12-4-6-13(11-20)7-5-12)17(25)28-22-15(23)8-9-16(22)24/h4-9,14,23-24H,10H2,1-3H3,(H,21,26). The van der Waals surface area contributed by atoms with Crippen LogP contribution < -0.4 is 10.2 Å². The first-order chi connectivity index (χ1) is 13.1. The highest BCUT2D eigenvalue weighted by Crippen LogP contribution is 2.19. The maximum absolute atomic E-state index is 12.6. The Hall–Kier alpha value is -3.67. The molecule has 2 rings (SSSR count). The lowest BCUT2D eigenvalue weighted by molar-refractivity contribution is -0.148. The summed E-state index contributed by atoms with van der Waals surface area (Å²) < 4.78 is 5.70. The fourth-order valence-corrected chi connectivity index (χ4v) is 2.24. The van der Waals surface area contributed by atoms with Gasteiger partial charge >= 0.3 is 12.1 Å². The van der Waals surface area contributed by atoms with E-state index >= 15 is 0 Å². The summed E-state index contributed by atoms with van der Waals surface area (Å²) in [5.74, 6) is -1.91. The molecule has 0 bridgehead atoms. The van der Waals surface area contributed by atoms with Crippen LogP contribution in [0.15, 0.2) is 36.4 Å². The quantitative estimate of drug-likeness (QED) is 0.713. The molecule has 2 aromatic rings. The van der Waals surface area contributed by atoms with Crippen LogP contribution in [-0.2, 0) is 16.0 Å². The van der Waals surface area contributed by atoms with Gasteiger partial charge in [-0.15, -0.1) is 4.73 Å². The van der Waals surface area contributed by atoms with E-state index in [4.69, 9.17) is 14.8 Å². The smallest absolute Gasteiger partial charge is 0.408 e. The molecular weight excluding hydrogens is 366 g/mol. The third-order valence-electron chi connectivity index (χ3n) is 3.48. The highest BCUT2D eigenvalue weighted by molar-refractivity contribution is 5.82. The van der Waals surface area contributed by atoms with Gasteiger partial charge in [-0.05, 0) is 38.5 Å². The number of nitrogens with one attached hydrogen (secondary N) is 1. The molecule has 1 amide bonds. The summed E-state index contributed by atoms with van der Waals surface area (Å²) in [7, 11) is 0. The summed E-state index contributed by atoms with van der Waals surface area (Å²) in [5.41, 5.74) is 0.326. The summed E-state index contributed by atoms with van der Waals surface area (Å²) in [5, 5.41) is 30.6. The van der Waals surface area contributed by atoms with E-state index in [0.717, 1.165) is 12.1 Å². The highest BCUT2D eigenvalue weighted by Gasteiger charge is 2.27. The second-order valence-corrected chi connectivity index (χ2v) is 6.97. The maximum atomic E-state index is 12.6. The molecular formula is C19H21N3O6. The van der Waals surface area contributed by atoms with Gasteiger partial charge in [0.05, 0.1) is 11.6 Å². The molecule has 28 heavy (non-hydrogen) atoms. The van der Waals surface area contributed by atoms with Gasteiger partial charge in [-0.3, -0.25) is 0 Å². The van der Waals surface area contributed by atoms with Crippen molar-refractivity contribution in [2.45, 2.75) is 38.8 Å². The number of ether oxygens (including phenoxy) is 1. The van der Waals surface area contributed by atoms with Crippen LogP contribution in [0.1, 0.15) is 31.9 Å². The van der Waals surface area contributed by atoms with E-state index in [1.54, 1.807) is 45.0 Å². The monoisotopic (exact) mass is 387 g/mol. The lowest BCUT2D eigenvalue weighted by atomic mass is 10.0. The van der Waals surface area contributed by atoms with E-state index < -0.39 is 35.5 Å². The third-order valence-corrected chi connectivity index (χ3v) is 3.48. The summed E-state index contributed by atoms with van der Waals surface area (Å²) in [6, 6.07) is 9.52. The first kappa shape index (κ1) is 20.6. The molecule has 9 heteroatoms. The van der Waals surface area contributed by atoms with Crippen LogP contribution in [0.25, 0.3) is 0 Å². The molecule has 0 saturated carbocycles. The van der Waals surface area contributed by atoms with Gasteiger partial charge in [-0.25, -0.2) is 9.59 Å². The molecule has 0 aliphatic rings. The Kier molecular flexibility index (Phi) is 6.15. The highest BCUT2D eigenvalue weighted by atomic mass is 16.7. The van der Waals surface area contributed by atoms with Crippen molar-refractivity contribution < 1.29 is 29.4 Å². The summed E-state index contributed by atoms with van der Waals surface area (Å²) in [6.07, 6.45) is -0.795. The van der Waals surface area contributed by atoms with Gasteiger partial charge in [0.2, 0.25) is 11.8 Å². The Bertz CT molecular complexity index is 870. The molecule has 0 fully saturated rings. The van der Waals surface area contributed by atoms with Crippen molar-refractivity contribution in [3.05, 3.63) is 47.5 Å². The van der Waals surface area contributed by atoms with Crippen LogP contribution in [0.4, 0.5) is 4.79 Å². The van der Waals surface area contributed by atoms with Crippen LogP contribution in [0.3, 0.4) is 0 Å². The number of rotatable bonds is 5. The molecule has 0 aliphatic heterocycles. The van der Waals surface area contributed by atoms with Gasteiger partial charge in [-0.1, -0.05) is 12.1 Å². The maximum Gasteiger partial charge on any atom is 0.408 e. The second kappa shape index (κ2) is 8.35. The SMILES string of the molecule is CC(C)(C)OC(=O)NC(Cc1ccc(C#N)cc1)C(=O)On1c(O)ccc1O. The number of nitriles is 1. The zero-order chi connectivity index (χ0) is 20.9. The summed E-state index contributed by atoms with van der Waals surface area (Å²) in [6.45, 7) is 5.03. The summed E-state index contributed by atoms with van der Waals surface area (Å²) in [4.78, 5) is 29.6. The average Bonchev–Trinajstić information content (AvgIpc) is 2.92. The number of hydrogen-bond acceptors (Lipinski definition) is 7. The Morgan fingerprint density at radius 1 is 1.14 bits per heavy atom. The lowest BCUT2D eigenvalue weighted by Gasteiger charge is -2.23. The number of amides is 1. The molecule has 1 unspecified atom stereocenters. The van der Waals surface area contributed by atoms with E-state index in [2.05, 4.69) is 5.32 Å². The van der Waals surface area contributed by atoms with Crippen LogP contribution in [0.2, 0.25) is 0 Å². The number of alkyl carbamates (subject to hydrolysis) is 1. The molecule has 0 saturated heterocycles. The van der Waals surface area contributed by atoms with Crippen molar-refractivity contribution in [1.82, 2.24) is 10.0 Å². The van der Waals surface area contributed by atoms with E-state index in [-0.39, 0.29) is 6.42 Å². The number of carbonyl (C=O) groups is 2. The molecule has 3 N–H and O–H groups in total. The van der Waals surface area contributed by atoms with Gasteiger partial charge in [-0.2, -0.15) is 5.26 Å². The van der Waals surface area contributed by atoms with Crippen molar-refractivity contribution in [1.29, 1.82) is 5.26 Å². The normalized spacial score (nSPS) is 11.9. The molecule has 148 valence electrons. The van der Waals surface area contributed by atoms with Crippen LogP contribution >= 0.6 is 0 Å². The van der Waals surface area contributed by atoms with Gasteiger partial charge in [0.1, 0.15) is 11.6 Å². The predicted octanol–water partition coefficient (Wildman–Crippen LogP) is 1.86. The van der Waals surface area contributed by atoms with Gasteiger partial charge in [0, 0.05) is 18.6 Å². The fourth-order valence-electron chi connectivity index (χ4n) is 2.24. The minimum Gasteiger partial charge on any atom is -0.492 e. The fraction of sp³-hybridized carbons (Fsp3) is 0.316. The van der Waals surface area contributed by atoms with E-state index in [9.17, 15) is 19.8 Å². The van der Waals surface area contributed by atoms with Crippen molar-refractivity contribution >= 4 is 12.1 Å². The van der Waals surface area contributed by atoms with Crippen LogP contribution in [0, 0.1) is 11.3 Å². The zero-order valence-corrected chi connectivity index (χ0v) is 15.7. The predicted molar refractivity (Wildman–Crippen MR) is 97.4 cm³/mol. The average molecular weight is 387 g/mol. The van der Waals surface area contributed by atoms with E-state index in [0.29, 0.717) is 15.9 Å². The first-order valence-corrected chi connectivity index (χ1v) is 8.39. The number of carbonyl (C=O) groups excluding carboxylic acids is 2. The third kappa shape index (κ3) is 5.67. The Morgan fingerprint density at radius 3 is 2.21 bits per heavy atom. The van der Waals surface area contributed by atoms with Crippen molar-refractivity contribution in [3.8, 4) is 17.8 Å². The molecule has 1 aromatic carbocycles. The summed E-state index contributed by atoms with van der Waals surface area (Å²) >= 11 is 0. The Balaban J connectivity index is 2.20. The van der Waals surface area contributed by atoms with Crippen molar-refractivity contribution in [2.75, 3.05) is 0 Å². The minimum absolute atomic E-state index is 0.0343. The first-order valence-electron chi connectivity index (χ1n) is 8.39. The minimum atomic E-state index is -1.18. The van der Waals surface area contributed by atoms with Crippen LogP contribution in [0.5, 0.6) is 11.8 Å². The van der Waals surface area contributed by atoms with Gasteiger partial charge in [0.15, 0.2) is 0 Å². The molecule has 0 aliphatic carbocycles. The second-order valence-electron chi connectivity index (χ2n) is 6.97. The number of nitrogens with zero attached hydrogens (tertiary/aromatic N) is 2. The van der Waals surface area contributed by atoms with Gasteiger partial charge < -0.3 is 25.1 Å². The van der Waals surface area contributed by atoms with Crippen molar-refractivity contribution in [3.63, 3.8) is 0 Å². The largest absolute Gasteiger partial charge is 0.492 e. The topological polar surface area (TPSA) is 134 Å². The number of aromatic nitrogens is 1. The molecule has 9 nitrogen and oxygen atoms in total. The van der Waals surface area contributed by atoms with E-state index in [1.165, 1.54) is 0 Å². The number of benzene rings is 1. The number of aromatic hydroxyl groups is 2. The molecule has 0 radical (unpaired) electrons. The van der Waals surface area contributed by atoms with Crippen LogP contribution in [-0.4, -0.2) is 38.6 Å². The molecule has 1 atom stereocenters.